The van der Waals surface area contributed by atoms with Crippen molar-refractivity contribution in [3.05, 3.63) is 28.0 Å². The van der Waals surface area contributed by atoms with Crippen LogP contribution in [0.1, 0.15) is 23.1 Å². The monoisotopic (exact) mass is 250 g/mol. The van der Waals surface area contributed by atoms with Crippen LogP contribution >= 0.6 is 23.2 Å². The SMILES string of the molecule is N#CCc1cnc(Cl)c(C(F)F)c1CCl. The van der Waals surface area contributed by atoms with Gasteiger partial charge >= 0.3 is 0 Å². The number of hydrogen-bond acceptors (Lipinski definition) is 2. The first-order valence-corrected chi connectivity index (χ1v) is 4.90. The molecule has 1 aromatic heterocycles. The third-order valence-electron chi connectivity index (χ3n) is 1.89. The summed E-state index contributed by atoms with van der Waals surface area (Å²) in [5, 5.41) is 8.24. The van der Waals surface area contributed by atoms with Gasteiger partial charge in [0.1, 0.15) is 5.15 Å². The molecular formula is C9H6Cl2F2N2. The zero-order chi connectivity index (χ0) is 11.4. The average molecular weight is 251 g/mol. The van der Waals surface area contributed by atoms with Gasteiger partial charge in [-0.3, -0.25) is 0 Å². The van der Waals surface area contributed by atoms with E-state index in [2.05, 4.69) is 4.98 Å². The Morgan fingerprint density at radius 2 is 2.20 bits per heavy atom. The van der Waals surface area contributed by atoms with Gasteiger partial charge in [0.25, 0.3) is 6.43 Å². The average Bonchev–Trinajstić information content (AvgIpc) is 2.19. The number of alkyl halides is 3. The summed E-state index contributed by atoms with van der Waals surface area (Å²) in [5.74, 6) is -0.112. The second kappa shape index (κ2) is 5.24. The maximum atomic E-state index is 12.6. The van der Waals surface area contributed by atoms with E-state index in [1.165, 1.54) is 6.20 Å². The molecule has 0 N–H and O–H groups in total. The summed E-state index contributed by atoms with van der Waals surface area (Å²) in [6, 6.07) is 1.86. The fraction of sp³-hybridized carbons (Fsp3) is 0.333. The van der Waals surface area contributed by atoms with Crippen molar-refractivity contribution < 1.29 is 8.78 Å². The Kier molecular flexibility index (Phi) is 4.25. The molecule has 0 spiro atoms. The van der Waals surface area contributed by atoms with Gasteiger partial charge < -0.3 is 0 Å². The Morgan fingerprint density at radius 1 is 1.53 bits per heavy atom. The molecule has 1 aromatic rings. The van der Waals surface area contributed by atoms with Crippen LogP contribution in [0.25, 0.3) is 0 Å². The molecule has 0 aliphatic carbocycles. The van der Waals surface area contributed by atoms with Crippen LogP contribution in [-0.4, -0.2) is 4.98 Å². The second-order valence-electron chi connectivity index (χ2n) is 2.74. The molecule has 15 heavy (non-hydrogen) atoms. The lowest BCUT2D eigenvalue weighted by Gasteiger charge is -2.11. The number of pyridine rings is 1. The van der Waals surface area contributed by atoms with Gasteiger partial charge in [0.05, 0.1) is 18.1 Å². The second-order valence-corrected chi connectivity index (χ2v) is 3.36. The first-order chi connectivity index (χ1) is 7.11. The van der Waals surface area contributed by atoms with E-state index in [4.69, 9.17) is 28.5 Å². The predicted molar refractivity (Wildman–Crippen MR) is 53.1 cm³/mol. The summed E-state index contributed by atoms with van der Waals surface area (Å²) in [5.41, 5.74) is 0.222. The van der Waals surface area contributed by atoms with Gasteiger partial charge in [-0.1, -0.05) is 11.6 Å². The molecule has 0 atom stereocenters. The van der Waals surface area contributed by atoms with Crippen molar-refractivity contribution in [1.82, 2.24) is 4.98 Å². The molecule has 0 amide bonds. The van der Waals surface area contributed by atoms with Gasteiger partial charge in [0.2, 0.25) is 0 Å². The number of nitrogens with zero attached hydrogens (tertiary/aromatic N) is 2. The van der Waals surface area contributed by atoms with Crippen LogP contribution in [0.2, 0.25) is 5.15 Å². The van der Waals surface area contributed by atoms with Crippen LogP contribution in [0, 0.1) is 11.3 Å². The van der Waals surface area contributed by atoms with Gasteiger partial charge in [0, 0.05) is 12.1 Å². The largest absolute Gasteiger partial charge is 0.267 e. The van der Waals surface area contributed by atoms with Gasteiger partial charge in [0.15, 0.2) is 0 Å². The normalized spacial score (nSPS) is 10.4. The van der Waals surface area contributed by atoms with E-state index in [1.54, 1.807) is 0 Å². The lowest BCUT2D eigenvalue weighted by Crippen LogP contribution is -2.01. The Hall–Kier alpha value is -0.920. The van der Waals surface area contributed by atoms with Crippen LogP contribution in [0.15, 0.2) is 6.20 Å². The number of rotatable bonds is 3. The summed E-state index contributed by atoms with van der Waals surface area (Å²) in [7, 11) is 0. The Balaban J connectivity index is 3.34. The molecule has 0 bridgehead atoms. The van der Waals surface area contributed by atoms with Gasteiger partial charge in [-0.15, -0.1) is 11.6 Å². The molecule has 0 unspecified atom stereocenters. The molecule has 1 heterocycles. The van der Waals surface area contributed by atoms with E-state index >= 15 is 0 Å². The number of hydrogen-bond donors (Lipinski definition) is 0. The Labute approximate surface area is 95.4 Å². The van der Waals surface area contributed by atoms with Crippen LogP contribution in [0.3, 0.4) is 0 Å². The molecule has 0 saturated carbocycles. The first kappa shape index (κ1) is 12.2. The van der Waals surface area contributed by atoms with Crippen LogP contribution < -0.4 is 0 Å². The maximum Gasteiger partial charge on any atom is 0.267 e. The van der Waals surface area contributed by atoms with E-state index in [0.717, 1.165) is 0 Å². The Bertz CT molecular complexity index is 402. The van der Waals surface area contributed by atoms with Crippen molar-refractivity contribution >= 4 is 23.2 Å². The van der Waals surface area contributed by atoms with E-state index in [1.807, 2.05) is 6.07 Å². The summed E-state index contributed by atoms with van der Waals surface area (Å²) >= 11 is 11.1. The zero-order valence-electron chi connectivity index (χ0n) is 7.48. The minimum Gasteiger partial charge on any atom is -0.244 e. The lowest BCUT2D eigenvalue weighted by atomic mass is 10.0. The first-order valence-electron chi connectivity index (χ1n) is 3.99. The van der Waals surface area contributed by atoms with E-state index in [9.17, 15) is 8.78 Å². The van der Waals surface area contributed by atoms with Crippen LogP contribution in [0.5, 0.6) is 0 Å². The minimum absolute atomic E-state index is 0.00799. The van der Waals surface area contributed by atoms with Gasteiger partial charge in [-0.2, -0.15) is 5.26 Å². The fourth-order valence-corrected chi connectivity index (χ4v) is 1.76. The highest BCUT2D eigenvalue weighted by Gasteiger charge is 2.20. The van der Waals surface area contributed by atoms with Crippen molar-refractivity contribution in [2.75, 3.05) is 0 Å². The molecule has 0 radical (unpaired) electrons. The summed E-state index contributed by atoms with van der Waals surface area (Å²) in [4.78, 5) is 3.60. The molecule has 0 saturated heterocycles. The lowest BCUT2D eigenvalue weighted by molar-refractivity contribution is 0.150. The standard InChI is InChI=1S/C9H6Cl2F2N2/c10-3-6-5(1-2-14)4-15-8(11)7(6)9(12)13/h4,9H,1,3H2. The summed E-state index contributed by atoms with van der Waals surface area (Å²) in [6.45, 7) is 0. The van der Waals surface area contributed by atoms with E-state index < -0.39 is 6.43 Å². The van der Waals surface area contributed by atoms with E-state index in [-0.39, 0.29) is 28.6 Å². The van der Waals surface area contributed by atoms with Crippen molar-refractivity contribution in [3.8, 4) is 6.07 Å². The van der Waals surface area contributed by atoms with Gasteiger partial charge in [-0.25, -0.2) is 13.8 Å². The molecule has 0 fully saturated rings. The summed E-state index contributed by atoms with van der Waals surface area (Å²) < 4.78 is 25.3. The fourth-order valence-electron chi connectivity index (χ4n) is 1.20. The number of aromatic nitrogens is 1. The molecule has 2 nitrogen and oxygen atoms in total. The minimum atomic E-state index is -2.74. The molecular weight excluding hydrogens is 245 g/mol. The highest BCUT2D eigenvalue weighted by Crippen LogP contribution is 2.31. The number of nitriles is 1. The molecule has 80 valence electrons. The van der Waals surface area contributed by atoms with Crippen molar-refractivity contribution in [3.63, 3.8) is 0 Å². The zero-order valence-corrected chi connectivity index (χ0v) is 8.99. The van der Waals surface area contributed by atoms with Gasteiger partial charge in [-0.05, 0) is 11.1 Å². The molecule has 0 aromatic carbocycles. The maximum absolute atomic E-state index is 12.6. The van der Waals surface area contributed by atoms with E-state index in [0.29, 0.717) is 5.56 Å². The third kappa shape index (κ3) is 2.55. The third-order valence-corrected chi connectivity index (χ3v) is 2.46. The van der Waals surface area contributed by atoms with Crippen molar-refractivity contribution in [2.24, 2.45) is 0 Å². The topological polar surface area (TPSA) is 36.7 Å². The smallest absolute Gasteiger partial charge is 0.244 e. The molecule has 0 aliphatic heterocycles. The van der Waals surface area contributed by atoms with Crippen LogP contribution in [-0.2, 0) is 12.3 Å². The highest BCUT2D eigenvalue weighted by molar-refractivity contribution is 6.30. The molecule has 1 rings (SSSR count). The quantitative estimate of drug-likeness (QED) is 0.609. The highest BCUT2D eigenvalue weighted by atomic mass is 35.5. The van der Waals surface area contributed by atoms with Crippen LogP contribution in [0.4, 0.5) is 8.78 Å². The Morgan fingerprint density at radius 3 is 2.67 bits per heavy atom. The molecule has 0 aliphatic rings. The molecule has 6 heteroatoms. The predicted octanol–water partition coefficient (Wildman–Crippen LogP) is 3.48. The number of halogens is 4. The van der Waals surface area contributed by atoms with Crippen molar-refractivity contribution in [2.45, 2.75) is 18.7 Å². The summed E-state index contributed by atoms with van der Waals surface area (Å²) in [6.07, 6.45) is -1.45. The van der Waals surface area contributed by atoms with Crippen molar-refractivity contribution in [1.29, 1.82) is 5.26 Å².